The van der Waals surface area contributed by atoms with Crippen molar-refractivity contribution >= 4 is 22.2 Å². The number of hydrogen-bond acceptors (Lipinski definition) is 4. The molecule has 2 rings (SSSR count). The predicted octanol–water partition coefficient (Wildman–Crippen LogP) is 1.97. The van der Waals surface area contributed by atoms with Crippen LogP contribution in [0.2, 0.25) is 0 Å². The minimum atomic E-state index is 0.264. The van der Waals surface area contributed by atoms with Crippen molar-refractivity contribution in [2.75, 3.05) is 0 Å². The Labute approximate surface area is 107 Å². The molecule has 1 heterocycles. The van der Waals surface area contributed by atoms with Gasteiger partial charge in [-0.3, -0.25) is 4.79 Å². The van der Waals surface area contributed by atoms with Crippen LogP contribution in [0.25, 0.3) is 0 Å². The molecule has 0 atom stereocenters. The van der Waals surface area contributed by atoms with Crippen molar-refractivity contribution in [3.05, 3.63) is 40.4 Å². The van der Waals surface area contributed by atoms with Gasteiger partial charge in [-0.1, -0.05) is 6.07 Å². The third-order valence-electron chi connectivity index (χ3n) is 2.28. The first kappa shape index (κ1) is 11.8. The molecule has 6 heteroatoms. The zero-order valence-electron chi connectivity index (χ0n) is 9.13. The molecule has 0 unspecified atom stereocenters. The fraction of sp³-hybridized carbons (Fsp3) is 0.182. The molecule has 0 N–H and O–H groups in total. The number of aromatic nitrogens is 3. The summed E-state index contributed by atoms with van der Waals surface area (Å²) in [6.45, 7) is 0.264. The van der Waals surface area contributed by atoms with Crippen molar-refractivity contribution in [3.63, 3.8) is 0 Å². The van der Waals surface area contributed by atoms with E-state index in [1.165, 1.54) is 0 Å². The molecule has 1 aromatic heterocycles. The number of carbonyl (C=O) groups is 1. The minimum absolute atomic E-state index is 0.264. The number of para-hydroxylation sites is 1. The number of ether oxygens (including phenoxy) is 1. The number of carbonyl (C=O) groups excluding carboxylic acids is 1. The lowest BCUT2D eigenvalue weighted by atomic mass is 10.2. The van der Waals surface area contributed by atoms with Gasteiger partial charge in [-0.25, -0.2) is 0 Å². The summed E-state index contributed by atoms with van der Waals surface area (Å²) in [6.07, 6.45) is 2.36. The molecule has 88 valence electrons. The van der Waals surface area contributed by atoms with E-state index < -0.39 is 0 Å². The summed E-state index contributed by atoms with van der Waals surface area (Å²) in [5.74, 6) is 1.21. The number of halogens is 1. The second-order valence-corrected chi connectivity index (χ2v) is 4.28. The highest BCUT2D eigenvalue weighted by Crippen LogP contribution is 2.28. The van der Waals surface area contributed by atoms with Crippen molar-refractivity contribution in [2.45, 2.75) is 6.61 Å². The smallest absolute Gasteiger partial charge is 0.170 e. The normalized spacial score (nSPS) is 10.2. The SMILES string of the molecule is Cn1cnnc1COc1c(Br)cccc1C=O. The van der Waals surface area contributed by atoms with E-state index in [1.807, 2.05) is 13.1 Å². The Morgan fingerprint density at radius 1 is 1.53 bits per heavy atom. The maximum absolute atomic E-state index is 10.9. The monoisotopic (exact) mass is 295 g/mol. The standard InChI is InChI=1S/C11H10BrN3O2/c1-15-7-13-14-10(15)6-17-11-8(5-16)3-2-4-9(11)12/h2-5,7H,6H2,1H3. The van der Waals surface area contributed by atoms with Crippen molar-refractivity contribution in [3.8, 4) is 5.75 Å². The second-order valence-electron chi connectivity index (χ2n) is 3.42. The van der Waals surface area contributed by atoms with E-state index in [0.29, 0.717) is 17.1 Å². The van der Waals surface area contributed by atoms with Crippen LogP contribution < -0.4 is 4.74 Å². The molecule has 0 spiro atoms. The summed E-state index contributed by atoms with van der Waals surface area (Å²) >= 11 is 3.34. The zero-order chi connectivity index (χ0) is 12.3. The predicted molar refractivity (Wildman–Crippen MR) is 64.9 cm³/mol. The minimum Gasteiger partial charge on any atom is -0.484 e. The van der Waals surface area contributed by atoms with Gasteiger partial charge in [0.2, 0.25) is 0 Å². The first-order valence-electron chi connectivity index (χ1n) is 4.91. The number of rotatable bonds is 4. The highest BCUT2D eigenvalue weighted by molar-refractivity contribution is 9.10. The third kappa shape index (κ3) is 2.52. The first-order valence-corrected chi connectivity index (χ1v) is 5.71. The Balaban J connectivity index is 2.19. The molecule has 0 aliphatic heterocycles. The fourth-order valence-electron chi connectivity index (χ4n) is 1.35. The summed E-state index contributed by atoms with van der Waals surface area (Å²) in [4.78, 5) is 10.9. The Morgan fingerprint density at radius 2 is 2.35 bits per heavy atom. The quantitative estimate of drug-likeness (QED) is 0.809. The maximum atomic E-state index is 10.9. The van der Waals surface area contributed by atoms with E-state index in [-0.39, 0.29) is 6.61 Å². The van der Waals surface area contributed by atoms with Gasteiger partial charge in [0.15, 0.2) is 12.1 Å². The molecule has 5 nitrogen and oxygen atoms in total. The van der Waals surface area contributed by atoms with Gasteiger partial charge in [0.1, 0.15) is 18.7 Å². The van der Waals surface area contributed by atoms with Crippen molar-refractivity contribution in [2.24, 2.45) is 7.05 Å². The Kier molecular flexibility index (Phi) is 3.53. The third-order valence-corrected chi connectivity index (χ3v) is 2.90. The van der Waals surface area contributed by atoms with Crippen LogP contribution in [0.1, 0.15) is 16.2 Å². The molecular weight excluding hydrogens is 286 g/mol. The van der Waals surface area contributed by atoms with Crippen LogP contribution >= 0.6 is 15.9 Å². The molecule has 0 radical (unpaired) electrons. The lowest BCUT2D eigenvalue weighted by Gasteiger charge is -2.09. The summed E-state index contributed by atoms with van der Waals surface area (Å²) < 4.78 is 8.08. The maximum Gasteiger partial charge on any atom is 0.170 e. The molecule has 0 bridgehead atoms. The highest BCUT2D eigenvalue weighted by Gasteiger charge is 2.09. The zero-order valence-corrected chi connectivity index (χ0v) is 10.7. The highest BCUT2D eigenvalue weighted by atomic mass is 79.9. The molecular formula is C11H10BrN3O2. The van der Waals surface area contributed by atoms with Gasteiger partial charge in [-0.2, -0.15) is 0 Å². The van der Waals surface area contributed by atoms with Crippen LogP contribution in [0.4, 0.5) is 0 Å². The molecule has 0 aliphatic carbocycles. The van der Waals surface area contributed by atoms with E-state index in [1.54, 1.807) is 23.0 Å². The summed E-state index contributed by atoms with van der Waals surface area (Å²) in [5, 5.41) is 7.65. The van der Waals surface area contributed by atoms with E-state index in [2.05, 4.69) is 26.1 Å². The summed E-state index contributed by atoms with van der Waals surface area (Å²) in [7, 11) is 1.83. The lowest BCUT2D eigenvalue weighted by molar-refractivity contribution is 0.111. The van der Waals surface area contributed by atoms with Gasteiger partial charge >= 0.3 is 0 Å². The van der Waals surface area contributed by atoms with Crippen LogP contribution in [0.3, 0.4) is 0 Å². The van der Waals surface area contributed by atoms with Gasteiger partial charge in [-0.05, 0) is 28.1 Å². The van der Waals surface area contributed by atoms with Gasteiger partial charge in [0.25, 0.3) is 0 Å². The van der Waals surface area contributed by atoms with E-state index in [0.717, 1.165) is 10.8 Å². The first-order chi connectivity index (χ1) is 8.22. The molecule has 0 amide bonds. The molecule has 0 saturated carbocycles. The number of aryl methyl sites for hydroxylation is 1. The lowest BCUT2D eigenvalue weighted by Crippen LogP contribution is -2.04. The van der Waals surface area contributed by atoms with Gasteiger partial charge in [-0.15, -0.1) is 10.2 Å². The van der Waals surface area contributed by atoms with Gasteiger partial charge in [0.05, 0.1) is 10.0 Å². The fourth-order valence-corrected chi connectivity index (χ4v) is 1.84. The molecule has 1 aromatic carbocycles. The molecule has 0 fully saturated rings. The molecule has 0 aliphatic rings. The van der Waals surface area contributed by atoms with E-state index >= 15 is 0 Å². The van der Waals surface area contributed by atoms with E-state index in [4.69, 9.17) is 4.74 Å². The molecule has 2 aromatic rings. The van der Waals surface area contributed by atoms with Crippen molar-refractivity contribution in [1.29, 1.82) is 0 Å². The number of hydrogen-bond donors (Lipinski definition) is 0. The molecule has 17 heavy (non-hydrogen) atoms. The van der Waals surface area contributed by atoms with Crippen LogP contribution in [-0.4, -0.2) is 21.1 Å². The summed E-state index contributed by atoms with van der Waals surface area (Å²) in [6, 6.07) is 5.30. The average molecular weight is 296 g/mol. The average Bonchev–Trinajstić information content (AvgIpc) is 2.73. The van der Waals surface area contributed by atoms with Gasteiger partial charge in [0, 0.05) is 7.05 Å². The van der Waals surface area contributed by atoms with Crippen molar-refractivity contribution < 1.29 is 9.53 Å². The number of aldehydes is 1. The molecule has 0 saturated heterocycles. The van der Waals surface area contributed by atoms with Crippen molar-refractivity contribution in [1.82, 2.24) is 14.8 Å². The Hall–Kier alpha value is -1.69. The topological polar surface area (TPSA) is 57.0 Å². The summed E-state index contributed by atoms with van der Waals surface area (Å²) in [5.41, 5.74) is 0.501. The number of benzene rings is 1. The Morgan fingerprint density at radius 3 is 3.00 bits per heavy atom. The van der Waals surface area contributed by atoms with Crippen LogP contribution in [0.15, 0.2) is 29.0 Å². The second kappa shape index (κ2) is 5.09. The largest absolute Gasteiger partial charge is 0.484 e. The van der Waals surface area contributed by atoms with Crippen LogP contribution in [-0.2, 0) is 13.7 Å². The van der Waals surface area contributed by atoms with Gasteiger partial charge < -0.3 is 9.30 Å². The number of nitrogens with zero attached hydrogens (tertiary/aromatic N) is 3. The van der Waals surface area contributed by atoms with Crippen LogP contribution in [0.5, 0.6) is 5.75 Å². The van der Waals surface area contributed by atoms with E-state index in [9.17, 15) is 4.79 Å². The van der Waals surface area contributed by atoms with Crippen LogP contribution in [0, 0.1) is 0 Å². The Bertz CT molecular complexity index is 539.